The van der Waals surface area contributed by atoms with Gasteiger partial charge < -0.3 is 40.5 Å². The minimum Gasteiger partial charge on any atom is -2.00 e. The van der Waals surface area contributed by atoms with Gasteiger partial charge in [-0.15, -0.1) is 0 Å². The fraction of sp³-hybridized carbons (Fsp3) is 0. The Bertz CT molecular complexity index is 6.85. The molecule has 0 saturated carbocycles. The third-order valence-corrected chi connectivity index (χ3v) is 0. The fourth-order valence-electron chi connectivity index (χ4n) is 0. The molecular weight excluding hydrogens is 412 g/mol. The summed E-state index contributed by atoms with van der Waals surface area (Å²) in [5.41, 5.74) is 0. The van der Waals surface area contributed by atoms with Crippen molar-refractivity contribution >= 4 is 40.5 Å². The van der Waals surface area contributed by atoms with Crippen molar-refractivity contribution in [1.29, 1.82) is 0 Å². The zero-order valence-corrected chi connectivity index (χ0v) is 8.77. The van der Waals surface area contributed by atoms with Crippen LogP contribution in [0.2, 0.25) is 0 Å². The van der Waals surface area contributed by atoms with Crippen molar-refractivity contribution in [1.82, 2.24) is 0 Å². The molecule has 0 nitrogen and oxygen atoms in total. The SMILES string of the molecule is [Gd+3].[S-2].[S-2].[S-2].[Tb+3]. The molecule has 0 aliphatic rings. The summed E-state index contributed by atoms with van der Waals surface area (Å²) in [4.78, 5) is 0. The maximum absolute atomic E-state index is 0. The summed E-state index contributed by atoms with van der Waals surface area (Å²) < 4.78 is 0. The second-order valence-electron chi connectivity index (χ2n) is 0. The van der Waals surface area contributed by atoms with Gasteiger partial charge >= 0.3 is 78.6 Å². The molecule has 0 unspecified atom stereocenters. The van der Waals surface area contributed by atoms with Gasteiger partial charge in [0.2, 0.25) is 0 Å². The van der Waals surface area contributed by atoms with Crippen LogP contribution in [0, 0.1) is 78.6 Å². The van der Waals surface area contributed by atoms with Crippen LogP contribution in [0.4, 0.5) is 0 Å². The van der Waals surface area contributed by atoms with E-state index in [9.17, 15) is 0 Å². The summed E-state index contributed by atoms with van der Waals surface area (Å²) in [5.74, 6) is 0. The predicted molar refractivity (Wildman–Crippen MR) is 22.1 cm³/mol. The van der Waals surface area contributed by atoms with Gasteiger partial charge in [-0.05, 0) is 0 Å². The Labute approximate surface area is 116 Å². The van der Waals surface area contributed by atoms with Crippen LogP contribution in [0.25, 0.3) is 0 Å². The first-order valence-electron chi connectivity index (χ1n) is 0. The summed E-state index contributed by atoms with van der Waals surface area (Å²) >= 11 is 0. The van der Waals surface area contributed by atoms with Gasteiger partial charge in [-0.1, -0.05) is 0 Å². The second-order valence-corrected chi connectivity index (χ2v) is 0. The Hall–Kier alpha value is 3.66. The van der Waals surface area contributed by atoms with Gasteiger partial charge in [-0.25, -0.2) is 0 Å². The predicted octanol–water partition coefficient (Wildman–Crippen LogP) is -0.00720. The van der Waals surface area contributed by atoms with Crippen molar-refractivity contribution in [3.05, 3.63) is 0 Å². The van der Waals surface area contributed by atoms with Gasteiger partial charge in [0.25, 0.3) is 0 Å². The Balaban J connectivity index is 0. The summed E-state index contributed by atoms with van der Waals surface area (Å²) in [6, 6.07) is 0. The van der Waals surface area contributed by atoms with E-state index in [0.717, 1.165) is 0 Å². The number of hydrogen-bond acceptors (Lipinski definition) is 0. The van der Waals surface area contributed by atoms with Crippen LogP contribution in [-0.4, -0.2) is 0 Å². The Kier molecular flexibility index (Phi) is 192. The summed E-state index contributed by atoms with van der Waals surface area (Å²) in [6.45, 7) is 0. The van der Waals surface area contributed by atoms with Crippen LogP contribution in [0.3, 0.4) is 0 Å². The van der Waals surface area contributed by atoms with Crippen LogP contribution >= 0.6 is 0 Å². The quantitative estimate of drug-likeness (QED) is 0.526. The minimum atomic E-state index is 0. The van der Waals surface area contributed by atoms with Crippen molar-refractivity contribution in [2.45, 2.75) is 0 Å². The standard InChI is InChI=1S/Gd.3S.Tb/q+3;3*-2;+3. The topological polar surface area (TPSA) is 0 Å². The van der Waals surface area contributed by atoms with E-state index in [1.54, 1.807) is 0 Å². The van der Waals surface area contributed by atoms with Crippen LogP contribution in [0.5, 0.6) is 0 Å². The van der Waals surface area contributed by atoms with Crippen LogP contribution in [0.15, 0.2) is 0 Å². The summed E-state index contributed by atoms with van der Waals surface area (Å²) in [7, 11) is 0. The van der Waals surface area contributed by atoms with Crippen molar-refractivity contribution in [3.8, 4) is 0 Å². The molecule has 5 heteroatoms. The first kappa shape index (κ1) is 37.9. The van der Waals surface area contributed by atoms with Crippen molar-refractivity contribution in [2.75, 3.05) is 0 Å². The third kappa shape index (κ3) is 18.3. The molecule has 0 bridgehead atoms. The van der Waals surface area contributed by atoms with Gasteiger partial charge in [0.05, 0.1) is 0 Å². The molecule has 0 rings (SSSR count). The van der Waals surface area contributed by atoms with Crippen molar-refractivity contribution < 1.29 is 78.6 Å². The summed E-state index contributed by atoms with van der Waals surface area (Å²) in [6.07, 6.45) is 0. The molecule has 5 heavy (non-hydrogen) atoms. The normalized spacial score (nSPS) is 0. The van der Waals surface area contributed by atoms with Crippen LogP contribution < -0.4 is 0 Å². The Morgan fingerprint density at radius 3 is 0.600 bits per heavy atom. The van der Waals surface area contributed by atoms with E-state index in [-0.39, 0.29) is 119 Å². The van der Waals surface area contributed by atoms with E-state index in [2.05, 4.69) is 0 Å². The molecule has 0 spiro atoms. The van der Waals surface area contributed by atoms with E-state index >= 15 is 0 Å². The zero-order chi connectivity index (χ0) is 0. The maximum Gasteiger partial charge on any atom is 3.00 e. The van der Waals surface area contributed by atoms with E-state index in [1.165, 1.54) is 0 Å². The molecule has 0 saturated heterocycles. The zero-order valence-electron chi connectivity index (χ0n) is 1.91. The Morgan fingerprint density at radius 2 is 0.600 bits per heavy atom. The second kappa shape index (κ2) is 25.4. The molecule has 0 amide bonds. The maximum atomic E-state index is 0. The monoisotopic (exact) mass is 413 g/mol. The fourth-order valence-corrected chi connectivity index (χ4v) is 0. The van der Waals surface area contributed by atoms with Crippen molar-refractivity contribution in [2.24, 2.45) is 0 Å². The van der Waals surface area contributed by atoms with Crippen LogP contribution in [-0.2, 0) is 40.5 Å². The third-order valence-electron chi connectivity index (χ3n) is 0. The molecule has 0 heterocycles. The molecule has 0 aromatic carbocycles. The molecule has 0 N–H and O–H groups in total. The molecule has 0 aliphatic carbocycles. The minimum absolute atomic E-state index is 0. The number of hydrogen-bond donors (Lipinski definition) is 0. The van der Waals surface area contributed by atoms with Gasteiger partial charge in [-0.3, -0.25) is 0 Å². The van der Waals surface area contributed by atoms with Gasteiger partial charge in [0.1, 0.15) is 0 Å². The van der Waals surface area contributed by atoms with Gasteiger partial charge in [0, 0.05) is 0 Å². The molecule has 0 aliphatic heterocycles. The van der Waals surface area contributed by atoms with E-state index < -0.39 is 0 Å². The molecule has 0 aromatic heterocycles. The summed E-state index contributed by atoms with van der Waals surface area (Å²) in [5, 5.41) is 0. The van der Waals surface area contributed by atoms with Crippen molar-refractivity contribution in [3.63, 3.8) is 0 Å². The molecule has 1 radical (unpaired) electrons. The van der Waals surface area contributed by atoms with E-state index in [4.69, 9.17) is 0 Å². The number of rotatable bonds is 0. The average Bonchev–Trinajstić information content (AvgIpc) is 0. The molecule has 0 atom stereocenters. The average molecular weight is 412 g/mol. The smallest absolute Gasteiger partial charge is 2.00 e. The van der Waals surface area contributed by atoms with E-state index in [1.807, 2.05) is 0 Å². The van der Waals surface area contributed by atoms with Gasteiger partial charge in [-0.2, -0.15) is 0 Å². The first-order valence-corrected chi connectivity index (χ1v) is 0. The molecule has 0 fully saturated rings. The largest absolute Gasteiger partial charge is 3.00 e. The first-order chi connectivity index (χ1) is 0. The van der Waals surface area contributed by atoms with Crippen LogP contribution in [0.1, 0.15) is 0 Å². The molecular formula is GdS3Tb. The Morgan fingerprint density at radius 1 is 0.600 bits per heavy atom. The molecule has 35 valence electrons. The van der Waals surface area contributed by atoms with Gasteiger partial charge in [0.15, 0.2) is 0 Å². The van der Waals surface area contributed by atoms with E-state index in [0.29, 0.717) is 0 Å². The molecule has 0 aromatic rings.